The van der Waals surface area contributed by atoms with Crippen molar-refractivity contribution in [2.24, 2.45) is 34.5 Å². The SMILES string of the molecule is C=C1[C@@H]([C@]2(C)[C@H]3CC(=O)OC[C@@]3(C)OC(=O)C[C@H]2OC(C)=O)[C@H](C(=O)O)[C@H](OC(=O)C(O)C(C)CC)[C@@]2(C)[C@H](c3ccoc3)CC(=O)[C@]12O. The summed E-state index contributed by atoms with van der Waals surface area (Å²) in [5, 5.41) is 35.0. The molecule has 4 fully saturated rings. The highest BCUT2D eigenvalue weighted by Crippen LogP contribution is 2.69. The van der Waals surface area contributed by atoms with Crippen molar-refractivity contribution in [3.05, 3.63) is 36.3 Å². The number of aliphatic hydroxyl groups is 2. The molecular formula is C35H44O14. The molecule has 0 amide bonds. The number of hydrogen-bond acceptors (Lipinski definition) is 13. The summed E-state index contributed by atoms with van der Waals surface area (Å²) in [5.41, 5.74) is -7.68. The van der Waals surface area contributed by atoms with E-state index in [0.29, 0.717) is 12.0 Å². The van der Waals surface area contributed by atoms with Gasteiger partial charge in [0.05, 0.1) is 30.8 Å². The van der Waals surface area contributed by atoms with Crippen LogP contribution < -0.4 is 0 Å². The van der Waals surface area contributed by atoms with Gasteiger partial charge in [-0.25, -0.2) is 4.79 Å². The first kappa shape index (κ1) is 36.2. The van der Waals surface area contributed by atoms with Gasteiger partial charge in [-0.05, 0) is 30.0 Å². The van der Waals surface area contributed by atoms with Crippen molar-refractivity contribution in [3.63, 3.8) is 0 Å². The molecule has 0 spiro atoms. The van der Waals surface area contributed by atoms with E-state index in [1.807, 2.05) is 0 Å². The van der Waals surface area contributed by atoms with Gasteiger partial charge in [0.15, 0.2) is 17.5 Å². The van der Waals surface area contributed by atoms with Gasteiger partial charge in [-0.1, -0.05) is 40.7 Å². The second-order valence-electron chi connectivity index (χ2n) is 14.7. The summed E-state index contributed by atoms with van der Waals surface area (Å²) in [6.45, 7) is 12.7. The Morgan fingerprint density at radius 1 is 1.08 bits per heavy atom. The van der Waals surface area contributed by atoms with Crippen LogP contribution in [0.25, 0.3) is 0 Å². The van der Waals surface area contributed by atoms with E-state index in [-0.39, 0.29) is 12.0 Å². The predicted octanol–water partition coefficient (Wildman–Crippen LogP) is 2.49. The Hall–Kier alpha value is -4.04. The molecule has 2 unspecified atom stereocenters. The first-order chi connectivity index (χ1) is 22.8. The number of carboxylic acid groups (broad SMARTS) is 1. The van der Waals surface area contributed by atoms with Crippen molar-refractivity contribution in [1.82, 2.24) is 0 Å². The van der Waals surface area contributed by atoms with Crippen LogP contribution in [0.5, 0.6) is 0 Å². The minimum Gasteiger partial charge on any atom is -0.481 e. The maximum atomic E-state index is 14.2. The van der Waals surface area contributed by atoms with Gasteiger partial charge >= 0.3 is 29.8 Å². The molecular weight excluding hydrogens is 644 g/mol. The van der Waals surface area contributed by atoms with Crippen molar-refractivity contribution in [1.29, 1.82) is 0 Å². The van der Waals surface area contributed by atoms with Gasteiger partial charge in [0.1, 0.15) is 30.3 Å². The maximum Gasteiger partial charge on any atom is 0.335 e. The molecule has 14 heteroatoms. The van der Waals surface area contributed by atoms with Gasteiger partial charge in [0.2, 0.25) is 0 Å². The number of hydrogen-bond donors (Lipinski definition) is 3. The highest BCUT2D eigenvalue weighted by atomic mass is 16.6. The number of ketones is 1. The van der Waals surface area contributed by atoms with Crippen LogP contribution in [-0.2, 0) is 47.7 Å². The van der Waals surface area contributed by atoms with E-state index in [9.17, 15) is 44.1 Å². The molecule has 49 heavy (non-hydrogen) atoms. The molecule has 2 aliphatic heterocycles. The summed E-state index contributed by atoms with van der Waals surface area (Å²) in [5.74, 6) is -11.9. The van der Waals surface area contributed by atoms with Crippen molar-refractivity contribution >= 4 is 35.6 Å². The highest BCUT2D eigenvalue weighted by molar-refractivity contribution is 5.97. The van der Waals surface area contributed by atoms with Gasteiger partial charge in [0.25, 0.3) is 0 Å². The van der Waals surface area contributed by atoms with Crippen LogP contribution in [-0.4, -0.2) is 87.1 Å². The lowest BCUT2D eigenvalue weighted by atomic mass is 9.44. The molecule has 0 aromatic carbocycles. The number of Topliss-reactive ketones (excluding diaryl/α,β-unsaturated/α-hetero) is 1. The number of aliphatic carboxylic acids is 1. The van der Waals surface area contributed by atoms with Crippen molar-refractivity contribution in [2.75, 3.05) is 6.61 Å². The van der Waals surface area contributed by atoms with E-state index in [2.05, 4.69) is 6.58 Å². The number of rotatable bonds is 8. The molecule has 4 aliphatic rings. The summed E-state index contributed by atoms with van der Waals surface area (Å²) in [6, 6.07) is 1.55. The number of esters is 4. The molecule has 12 atom stereocenters. The van der Waals surface area contributed by atoms with Crippen molar-refractivity contribution in [3.8, 4) is 0 Å². The normalized spacial score (nSPS) is 40.2. The Bertz CT molecular complexity index is 1570. The summed E-state index contributed by atoms with van der Waals surface area (Å²) in [6.07, 6.45) is -3.24. The number of carbonyl (C=O) groups excluding carboxylic acids is 5. The topological polar surface area (TPSA) is 213 Å². The molecule has 0 radical (unpaired) electrons. The van der Waals surface area contributed by atoms with Crippen molar-refractivity contribution < 1.29 is 67.5 Å². The fourth-order valence-corrected chi connectivity index (χ4v) is 9.26. The van der Waals surface area contributed by atoms with Gasteiger partial charge < -0.3 is 38.7 Å². The van der Waals surface area contributed by atoms with Gasteiger partial charge in [-0.15, -0.1) is 0 Å². The molecule has 1 aromatic rings. The minimum absolute atomic E-state index is 0.275. The van der Waals surface area contributed by atoms with Crippen LogP contribution in [0.4, 0.5) is 0 Å². The van der Waals surface area contributed by atoms with E-state index < -0.39 is 125 Å². The van der Waals surface area contributed by atoms with Crippen molar-refractivity contribution in [2.45, 2.75) is 103 Å². The summed E-state index contributed by atoms with van der Waals surface area (Å²) in [7, 11) is 0. The maximum absolute atomic E-state index is 14.2. The van der Waals surface area contributed by atoms with Crippen LogP contribution in [0, 0.1) is 34.5 Å². The van der Waals surface area contributed by atoms with E-state index in [1.54, 1.807) is 19.9 Å². The third-order valence-electron chi connectivity index (χ3n) is 12.1. The average molecular weight is 689 g/mol. The summed E-state index contributed by atoms with van der Waals surface area (Å²) < 4.78 is 28.2. The number of aliphatic hydroxyl groups excluding tert-OH is 1. The number of carbonyl (C=O) groups is 6. The molecule has 3 N–H and O–H groups in total. The molecule has 2 saturated heterocycles. The molecule has 5 rings (SSSR count). The zero-order valence-corrected chi connectivity index (χ0v) is 28.4. The molecule has 2 saturated carbocycles. The molecule has 3 heterocycles. The standard InChI is InChI=1S/C35H44O14/c1-8-16(2)28(40)31(43)48-29-26(30(41)42)27(17(3)35(44)22(37)11-20(34(29,35)7)19-9-10-45-14-19)33(6)21-12-24(38)46-15-32(21,5)49-25(39)13-23(33)47-18(4)36/h9-10,14,16,20-21,23,26-29,40,44H,3,8,11-13,15H2,1-2,4-7H3,(H,41,42)/t16?,20-,21-,23+,26-,27+,28?,29-,32+,33+,34+,35+/m0/s1. The van der Waals surface area contributed by atoms with E-state index in [4.69, 9.17) is 23.4 Å². The lowest BCUT2D eigenvalue weighted by Crippen LogP contribution is -2.71. The van der Waals surface area contributed by atoms with Gasteiger partial charge in [0, 0.05) is 36.5 Å². The Labute approximate surface area is 283 Å². The lowest BCUT2D eigenvalue weighted by molar-refractivity contribution is -0.230. The fourth-order valence-electron chi connectivity index (χ4n) is 9.26. The zero-order chi connectivity index (χ0) is 36.4. The quantitative estimate of drug-likeness (QED) is 0.203. The number of fused-ring (bicyclic) bond motifs is 2. The third-order valence-corrected chi connectivity index (χ3v) is 12.1. The third kappa shape index (κ3) is 5.29. The number of ether oxygens (including phenoxy) is 4. The second kappa shape index (κ2) is 12.4. The molecule has 1 aromatic heterocycles. The molecule has 0 bridgehead atoms. The highest BCUT2D eigenvalue weighted by Gasteiger charge is 2.78. The Balaban J connectivity index is 1.82. The van der Waals surface area contributed by atoms with Crippen LogP contribution in [0.15, 0.2) is 35.2 Å². The van der Waals surface area contributed by atoms with Crippen LogP contribution in [0.1, 0.15) is 78.7 Å². The summed E-state index contributed by atoms with van der Waals surface area (Å²) in [4.78, 5) is 80.5. The summed E-state index contributed by atoms with van der Waals surface area (Å²) >= 11 is 0. The van der Waals surface area contributed by atoms with Gasteiger partial charge in [-0.2, -0.15) is 0 Å². The van der Waals surface area contributed by atoms with E-state index in [0.717, 1.165) is 6.92 Å². The monoisotopic (exact) mass is 688 g/mol. The van der Waals surface area contributed by atoms with Crippen LogP contribution in [0.2, 0.25) is 0 Å². The number of cyclic esters (lactones) is 1. The Morgan fingerprint density at radius 3 is 2.33 bits per heavy atom. The van der Waals surface area contributed by atoms with Gasteiger partial charge in [-0.3, -0.25) is 24.0 Å². The molecule has 268 valence electrons. The van der Waals surface area contributed by atoms with Crippen LogP contribution in [0.3, 0.4) is 0 Å². The molecule has 2 aliphatic carbocycles. The predicted molar refractivity (Wildman–Crippen MR) is 165 cm³/mol. The Morgan fingerprint density at radius 2 is 1.76 bits per heavy atom. The largest absolute Gasteiger partial charge is 0.481 e. The average Bonchev–Trinajstić information content (AvgIpc) is 3.61. The first-order valence-corrected chi connectivity index (χ1v) is 16.4. The number of furan rings is 1. The second-order valence-corrected chi connectivity index (χ2v) is 14.7. The van der Waals surface area contributed by atoms with E-state index in [1.165, 1.54) is 33.3 Å². The molecule has 14 nitrogen and oxygen atoms in total. The number of carboxylic acids is 1. The minimum atomic E-state index is -2.57. The smallest absolute Gasteiger partial charge is 0.335 e. The van der Waals surface area contributed by atoms with Crippen LogP contribution >= 0.6 is 0 Å². The zero-order valence-electron chi connectivity index (χ0n) is 28.4. The lowest BCUT2D eigenvalue weighted by Gasteiger charge is -2.61. The first-order valence-electron chi connectivity index (χ1n) is 16.4. The Kier molecular flexibility index (Phi) is 9.16. The fraction of sp³-hybridized carbons (Fsp3) is 0.657. The van der Waals surface area contributed by atoms with E-state index >= 15 is 0 Å².